The molecule has 5 heteroatoms. The molecule has 0 heterocycles. The minimum Gasteiger partial charge on any atom is -0.435 e. The van der Waals surface area contributed by atoms with E-state index in [2.05, 4.69) is 16.1 Å². The highest BCUT2D eigenvalue weighted by Crippen LogP contribution is 2.28. The first-order valence-corrected chi connectivity index (χ1v) is 7.60. The number of hydrogen-bond donors (Lipinski definition) is 1. The molecule has 0 radical (unpaired) electrons. The van der Waals surface area contributed by atoms with Gasteiger partial charge in [0, 0.05) is 11.3 Å². The fraction of sp³-hybridized carbons (Fsp3) is 0.278. The van der Waals surface area contributed by atoms with Crippen LogP contribution in [0.1, 0.15) is 34.3 Å². The van der Waals surface area contributed by atoms with Crippen molar-refractivity contribution in [3.63, 3.8) is 0 Å². The summed E-state index contributed by atoms with van der Waals surface area (Å²) in [6.07, 6.45) is 4.24. The highest BCUT2D eigenvalue weighted by molar-refractivity contribution is 6.05. The zero-order chi connectivity index (χ0) is 16.2. The predicted octanol–water partition coefficient (Wildman–Crippen LogP) is 4.42. The maximum atomic E-state index is 12.4. The molecule has 0 saturated heterocycles. The third-order valence-corrected chi connectivity index (χ3v) is 3.97. The van der Waals surface area contributed by atoms with Crippen LogP contribution in [0, 0.1) is 0 Å². The van der Waals surface area contributed by atoms with E-state index in [-0.39, 0.29) is 17.2 Å². The number of aryl methyl sites for hydroxylation is 1. The van der Waals surface area contributed by atoms with Crippen molar-refractivity contribution in [2.75, 3.05) is 5.32 Å². The van der Waals surface area contributed by atoms with E-state index in [0.29, 0.717) is 0 Å². The van der Waals surface area contributed by atoms with Crippen molar-refractivity contribution in [2.24, 2.45) is 0 Å². The van der Waals surface area contributed by atoms with Crippen molar-refractivity contribution < 1.29 is 18.3 Å². The van der Waals surface area contributed by atoms with Crippen molar-refractivity contribution in [3.8, 4) is 5.75 Å². The highest BCUT2D eigenvalue weighted by atomic mass is 19.3. The summed E-state index contributed by atoms with van der Waals surface area (Å²) in [6.45, 7) is -2.91. The van der Waals surface area contributed by atoms with E-state index in [1.165, 1.54) is 29.3 Å². The number of alkyl halides is 2. The summed E-state index contributed by atoms with van der Waals surface area (Å²) in [7, 11) is 0. The third kappa shape index (κ3) is 3.67. The Labute approximate surface area is 133 Å². The number of ether oxygens (including phenoxy) is 1. The number of amides is 1. The Kier molecular flexibility index (Phi) is 4.55. The van der Waals surface area contributed by atoms with Crippen molar-refractivity contribution in [1.29, 1.82) is 0 Å². The van der Waals surface area contributed by atoms with Crippen molar-refractivity contribution >= 4 is 11.6 Å². The molecule has 2 aromatic carbocycles. The second-order valence-corrected chi connectivity index (χ2v) is 5.51. The molecular formula is C18H17F2NO2. The standard InChI is InChI=1S/C18H17F2NO2/c19-18(20)23-14-8-3-7-13(11-14)17(22)21-16-10-4-6-12-5-1-2-9-15(12)16/h3-4,6-8,10-11,18H,1-2,5,9H2,(H,21,22). The minimum atomic E-state index is -2.91. The molecule has 1 aliphatic rings. The van der Waals surface area contributed by atoms with Crippen LogP contribution in [0.15, 0.2) is 42.5 Å². The van der Waals surface area contributed by atoms with Crippen molar-refractivity contribution in [2.45, 2.75) is 32.3 Å². The van der Waals surface area contributed by atoms with Crippen LogP contribution in [0.3, 0.4) is 0 Å². The van der Waals surface area contributed by atoms with E-state index in [9.17, 15) is 13.6 Å². The smallest absolute Gasteiger partial charge is 0.387 e. The molecule has 3 rings (SSSR count). The van der Waals surface area contributed by atoms with Gasteiger partial charge in [-0.05, 0) is 61.1 Å². The van der Waals surface area contributed by atoms with Gasteiger partial charge in [0.05, 0.1) is 0 Å². The lowest BCUT2D eigenvalue weighted by atomic mass is 9.90. The predicted molar refractivity (Wildman–Crippen MR) is 84.1 cm³/mol. The van der Waals surface area contributed by atoms with Crippen LogP contribution in [-0.4, -0.2) is 12.5 Å². The second kappa shape index (κ2) is 6.77. The van der Waals surface area contributed by atoms with Gasteiger partial charge < -0.3 is 10.1 Å². The van der Waals surface area contributed by atoms with Crippen molar-refractivity contribution in [1.82, 2.24) is 0 Å². The Morgan fingerprint density at radius 3 is 2.70 bits per heavy atom. The van der Waals surface area contributed by atoms with Gasteiger partial charge in [-0.3, -0.25) is 4.79 Å². The number of carbonyl (C=O) groups is 1. The lowest BCUT2D eigenvalue weighted by molar-refractivity contribution is -0.0498. The Bertz CT molecular complexity index is 716. The highest BCUT2D eigenvalue weighted by Gasteiger charge is 2.15. The van der Waals surface area contributed by atoms with Crippen LogP contribution in [0.2, 0.25) is 0 Å². The van der Waals surface area contributed by atoms with Gasteiger partial charge >= 0.3 is 6.61 Å². The molecule has 0 aromatic heterocycles. The molecular weight excluding hydrogens is 300 g/mol. The molecule has 0 spiro atoms. The normalized spacial score (nSPS) is 13.5. The molecule has 1 aliphatic carbocycles. The van der Waals surface area contributed by atoms with E-state index in [4.69, 9.17) is 0 Å². The molecule has 1 amide bonds. The first-order valence-electron chi connectivity index (χ1n) is 7.60. The topological polar surface area (TPSA) is 38.3 Å². The molecule has 120 valence electrons. The second-order valence-electron chi connectivity index (χ2n) is 5.51. The van der Waals surface area contributed by atoms with E-state index in [0.717, 1.165) is 31.4 Å². The average molecular weight is 317 g/mol. The Balaban J connectivity index is 1.80. The average Bonchev–Trinajstić information content (AvgIpc) is 2.55. The van der Waals surface area contributed by atoms with Gasteiger partial charge in [-0.1, -0.05) is 18.2 Å². The molecule has 0 saturated carbocycles. The van der Waals surface area contributed by atoms with Crippen LogP contribution in [-0.2, 0) is 12.8 Å². The maximum absolute atomic E-state index is 12.4. The summed E-state index contributed by atoms with van der Waals surface area (Å²) in [4.78, 5) is 12.4. The van der Waals surface area contributed by atoms with Gasteiger partial charge in [0.2, 0.25) is 0 Å². The van der Waals surface area contributed by atoms with Gasteiger partial charge in [0.1, 0.15) is 5.75 Å². The molecule has 23 heavy (non-hydrogen) atoms. The molecule has 0 bridgehead atoms. The van der Waals surface area contributed by atoms with E-state index >= 15 is 0 Å². The summed E-state index contributed by atoms with van der Waals surface area (Å²) in [5.74, 6) is -0.355. The first-order chi connectivity index (χ1) is 11.1. The SMILES string of the molecule is O=C(Nc1cccc2c1CCCC2)c1cccc(OC(F)F)c1. The minimum absolute atomic E-state index is 0.0252. The largest absolute Gasteiger partial charge is 0.435 e. The monoisotopic (exact) mass is 317 g/mol. The van der Waals surface area contributed by atoms with E-state index in [1.807, 2.05) is 12.1 Å². The molecule has 0 aliphatic heterocycles. The maximum Gasteiger partial charge on any atom is 0.387 e. The Morgan fingerprint density at radius 1 is 1.09 bits per heavy atom. The summed E-state index contributed by atoms with van der Waals surface area (Å²) in [5, 5.41) is 2.88. The van der Waals surface area contributed by atoms with Crippen LogP contribution in [0.4, 0.5) is 14.5 Å². The van der Waals surface area contributed by atoms with Crippen LogP contribution in [0.5, 0.6) is 5.75 Å². The zero-order valence-electron chi connectivity index (χ0n) is 12.5. The van der Waals surface area contributed by atoms with E-state index < -0.39 is 6.61 Å². The van der Waals surface area contributed by atoms with Gasteiger partial charge in [-0.25, -0.2) is 0 Å². The van der Waals surface area contributed by atoms with Gasteiger partial charge in [0.25, 0.3) is 5.91 Å². The third-order valence-electron chi connectivity index (χ3n) is 3.97. The van der Waals surface area contributed by atoms with Gasteiger partial charge in [-0.15, -0.1) is 0 Å². The number of rotatable bonds is 4. The molecule has 0 atom stereocenters. The number of benzene rings is 2. The van der Waals surface area contributed by atoms with Crippen molar-refractivity contribution in [3.05, 3.63) is 59.2 Å². The molecule has 2 aromatic rings. The summed E-state index contributed by atoms with van der Waals surface area (Å²) < 4.78 is 28.9. The lowest BCUT2D eigenvalue weighted by Crippen LogP contribution is -2.15. The fourth-order valence-corrected chi connectivity index (χ4v) is 2.91. The first kappa shape index (κ1) is 15.5. The van der Waals surface area contributed by atoms with Gasteiger partial charge in [-0.2, -0.15) is 8.78 Å². The van der Waals surface area contributed by atoms with Gasteiger partial charge in [0.15, 0.2) is 0 Å². The fourth-order valence-electron chi connectivity index (χ4n) is 2.91. The Morgan fingerprint density at radius 2 is 1.87 bits per heavy atom. The van der Waals surface area contributed by atoms with Crippen LogP contribution < -0.4 is 10.1 Å². The number of fused-ring (bicyclic) bond motifs is 1. The number of hydrogen-bond acceptors (Lipinski definition) is 2. The number of anilines is 1. The number of nitrogens with one attached hydrogen (secondary N) is 1. The lowest BCUT2D eigenvalue weighted by Gasteiger charge is -2.19. The summed E-state index contributed by atoms with van der Waals surface area (Å²) >= 11 is 0. The van der Waals surface area contributed by atoms with Crippen LogP contribution >= 0.6 is 0 Å². The number of carbonyl (C=O) groups excluding carboxylic acids is 1. The number of halogens is 2. The molecule has 1 N–H and O–H groups in total. The molecule has 0 fully saturated rings. The van der Waals surface area contributed by atoms with E-state index in [1.54, 1.807) is 6.07 Å². The molecule has 3 nitrogen and oxygen atoms in total. The zero-order valence-corrected chi connectivity index (χ0v) is 12.5. The van der Waals surface area contributed by atoms with Crippen LogP contribution in [0.25, 0.3) is 0 Å². The summed E-state index contributed by atoms with van der Waals surface area (Å²) in [5.41, 5.74) is 3.53. The molecule has 0 unspecified atom stereocenters. The Hall–Kier alpha value is -2.43. The summed E-state index contributed by atoms with van der Waals surface area (Å²) in [6, 6.07) is 11.7. The quantitative estimate of drug-likeness (QED) is 0.906.